The molecule has 0 unspecified atom stereocenters. The summed E-state index contributed by atoms with van der Waals surface area (Å²) in [6.07, 6.45) is 4.99. The molecular formula is C20H18BrN3O3. The maximum Gasteiger partial charge on any atom is 0.270 e. The lowest BCUT2D eigenvalue weighted by Crippen LogP contribution is -2.40. The Morgan fingerprint density at radius 3 is 2.30 bits per heavy atom. The SMILES string of the molecule is O=C(/C=C/c1ccc(C(=O)NC2CC2)cc1)NNC(=O)c1ccccc1Br. The fraction of sp³-hybridized carbons (Fsp3) is 0.150. The van der Waals surface area contributed by atoms with Crippen molar-refractivity contribution in [1.29, 1.82) is 0 Å². The van der Waals surface area contributed by atoms with Crippen LogP contribution in [0.5, 0.6) is 0 Å². The third kappa shape index (κ3) is 5.52. The van der Waals surface area contributed by atoms with Gasteiger partial charge in [-0.15, -0.1) is 0 Å². The number of amides is 3. The highest BCUT2D eigenvalue weighted by atomic mass is 79.9. The van der Waals surface area contributed by atoms with Gasteiger partial charge in [0.2, 0.25) is 0 Å². The fourth-order valence-corrected chi connectivity index (χ4v) is 2.75. The minimum atomic E-state index is -0.467. The minimum absolute atomic E-state index is 0.0828. The number of hydrogen-bond acceptors (Lipinski definition) is 3. The second-order valence-electron chi connectivity index (χ2n) is 6.13. The molecule has 3 rings (SSSR count). The Balaban J connectivity index is 1.50. The van der Waals surface area contributed by atoms with E-state index in [0.29, 0.717) is 21.6 Å². The highest BCUT2D eigenvalue weighted by Gasteiger charge is 2.23. The molecule has 1 aliphatic carbocycles. The van der Waals surface area contributed by atoms with Gasteiger partial charge in [0.1, 0.15) is 0 Å². The molecule has 3 amide bonds. The van der Waals surface area contributed by atoms with Crippen molar-refractivity contribution in [2.75, 3.05) is 0 Å². The number of rotatable bonds is 5. The molecule has 0 aliphatic heterocycles. The zero-order valence-corrected chi connectivity index (χ0v) is 16.0. The summed E-state index contributed by atoms with van der Waals surface area (Å²) in [6.45, 7) is 0. The first-order valence-electron chi connectivity index (χ1n) is 8.47. The van der Waals surface area contributed by atoms with Crippen molar-refractivity contribution in [3.8, 4) is 0 Å². The van der Waals surface area contributed by atoms with E-state index in [2.05, 4.69) is 32.1 Å². The molecule has 1 aliphatic rings. The molecule has 2 aromatic carbocycles. The Labute approximate surface area is 165 Å². The quantitative estimate of drug-likeness (QED) is 0.506. The summed E-state index contributed by atoms with van der Waals surface area (Å²) in [5, 5.41) is 2.92. The number of nitrogens with one attached hydrogen (secondary N) is 3. The van der Waals surface area contributed by atoms with E-state index < -0.39 is 11.8 Å². The molecule has 0 bridgehead atoms. The lowest BCUT2D eigenvalue weighted by Gasteiger charge is -2.06. The van der Waals surface area contributed by atoms with Gasteiger partial charge < -0.3 is 5.32 Å². The molecule has 0 spiro atoms. The minimum Gasteiger partial charge on any atom is -0.349 e. The van der Waals surface area contributed by atoms with Gasteiger partial charge in [-0.2, -0.15) is 0 Å². The van der Waals surface area contributed by atoms with Crippen LogP contribution >= 0.6 is 15.9 Å². The predicted molar refractivity (Wildman–Crippen MR) is 106 cm³/mol. The summed E-state index contributed by atoms with van der Waals surface area (Å²) in [5.74, 6) is -0.971. The summed E-state index contributed by atoms with van der Waals surface area (Å²) < 4.78 is 0.637. The topological polar surface area (TPSA) is 87.3 Å². The van der Waals surface area contributed by atoms with Gasteiger partial charge in [0.05, 0.1) is 5.56 Å². The zero-order valence-electron chi connectivity index (χ0n) is 14.4. The molecule has 0 aromatic heterocycles. The number of benzene rings is 2. The van der Waals surface area contributed by atoms with Crippen LogP contribution in [0.4, 0.5) is 0 Å². The monoisotopic (exact) mass is 427 g/mol. The molecule has 1 fully saturated rings. The third-order valence-electron chi connectivity index (χ3n) is 3.93. The van der Waals surface area contributed by atoms with Gasteiger partial charge in [0.25, 0.3) is 17.7 Å². The van der Waals surface area contributed by atoms with Crippen LogP contribution < -0.4 is 16.2 Å². The second-order valence-corrected chi connectivity index (χ2v) is 6.98. The van der Waals surface area contributed by atoms with Crippen LogP contribution in [0.3, 0.4) is 0 Å². The summed E-state index contributed by atoms with van der Waals surface area (Å²) >= 11 is 3.28. The zero-order chi connectivity index (χ0) is 19.2. The Morgan fingerprint density at radius 1 is 0.926 bits per heavy atom. The molecule has 1 saturated carbocycles. The molecule has 0 heterocycles. The molecule has 3 N–H and O–H groups in total. The van der Waals surface area contributed by atoms with E-state index in [-0.39, 0.29) is 5.91 Å². The maximum absolute atomic E-state index is 12.0. The van der Waals surface area contributed by atoms with Crippen molar-refractivity contribution < 1.29 is 14.4 Å². The molecule has 0 atom stereocenters. The lowest BCUT2D eigenvalue weighted by atomic mass is 10.1. The summed E-state index contributed by atoms with van der Waals surface area (Å²) in [6, 6.07) is 14.2. The molecule has 27 heavy (non-hydrogen) atoms. The van der Waals surface area contributed by atoms with Crippen molar-refractivity contribution in [1.82, 2.24) is 16.2 Å². The Morgan fingerprint density at radius 2 is 1.63 bits per heavy atom. The van der Waals surface area contributed by atoms with E-state index in [1.165, 1.54) is 6.08 Å². The van der Waals surface area contributed by atoms with Gasteiger partial charge in [-0.25, -0.2) is 0 Å². The van der Waals surface area contributed by atoms with Crippen molar-refractivity contribution in [3.63, 3.8) is 0 Å². The van der Waals surface area contributed by atoms with Gasteiger partial charge in [0, 0.05) is 22.2 Å². The highest BCUT2D eigenvalue weighted by Crippen LogP contribution is 2.19. The third-order valence-corrected chi connectivity index (χ3v) is 4.62. The summed E-state index contributed by atoms with van der Waals surface area (Å²) in [5.41, 5.74) is 6.45. The normalized spacial score (nSPS) is 13.2. The number of hydrazine groups is 1. The average Bonchev–Trinajstić information content (AvgIpc) is 3.49. The van der Waals surface area contributed by atoms with Crippen LogP contribution in [-0.4, -0.2) is 23.8 Å². The Bertz CT molecular complexity index is 890. The number of carbonyl (C=O) groups excluding carboxylic acids is 3. The molecular weight excluding hydrogens is 410 g/mol. The van der Waals surface area contributed by atoms with Crippen LogP contribution in [0.1, 0.15) is 39.1 Å². The van der Waals surface area contributed by atoms with Crippen molar-refractivity contribution in [2.45, 2.75) is 18.9 Å². The van der Waals surface area contributed by atoms with Crippen LogP contribution in [0.2, 0.25) is 0 Å². The van der Waals surface area contributed by atoms with E-state index in [1.807, 2.05) is 0 Å². The van der Waals surface area contributed by atoms with Gasteiger partial charge >= 0.3 is 0 Å². The largest absolute Gasteiger partial charge is 0.349 e. The van der Waals surface area contributed by atoms with Crippen molar-refractivity contribution in [3.05, 3.63) is 75.8 Å². The van der Waals surface area contributed by atoms with Gasteiger partial charge in [-0.3, -0.25) is 25.2 Å². The van der Waals surface area contributed by atoms with E-state index in [4.69, 9.17) is 0 Å². The van der Waals surface area contributed by atoms with Crippen LogP contribution in [0.15, 0.2) is 59.1 Å². The first kappa shape index (κ1) is 18.8. The molecule has 0 saturated heterocycles. The van der Waals surface area contributed by atoms with Crippen LogP contribution in [-0.2, 0) is 4.79 Å². The standard InChI is InChI=1S/C20H18BrN3O3/c21-17-4-2-1-3-16(17)20(27)24-23-18(25)12-7-13-5-8-14(9-6-13)19(26)22-15-10-11-15/h1-9,12,15H,10-11H2,(H,22,26)(H,23,25)(H,24,27)/b12-7+. The highest BCUT2D eigenvalue weighted by molar-refractivity contribution is 9.10. The number of halogens is 1. The van der Waals surface area contributed by atoms with E-state index in [9.17, 15) is 14.4 Å². The van der Waals surface area contributed by atoms with Gasteiger partial charge in [-0.05, 0) is 64.7 Å². The van der Waals surface area contributed by atoms with Gasteiger partial charge in [0.15, 0.2) is 0 Å². The Kier molecular flexibility index (Phi) is 6.03. The number of carbonyl (C=O) groups is 3. The average molecular weight is 428 g/mol. The molecule has 0 radical (unpaired) electrons. The van der Waals surface area contributed by atoms with Gasteiger partial charge in [-0.1, -0.05) is 24.3 Å². The summed E-state index contributed by atoms with van der Waals surface area (Å²) in [4.78, 5) is 35.8. The predicted octanol–water partition coefficient (Wildman–Crippen LogP) is 2.82. The Hall–Kier alpha value is -2.93. The second kappa shape index (κ2) is 8.64. The maximum atomic E-state index is 12.0. The molecule has 138 valence electrons. The van der Waals surface area contributed by atoms with Crippen molar-refractivity contribution in [2.24, 2.45) is 0 Å². The molecule has 7 heteroatoms. The number of hydrogen-bond donors (Lipinski definition) is 3. The smallest absolute Gasteiger partial charge is 0.270 e. The molecule has 6 nitrogen and oxygen atoms in total. The first-order chi connectivity index (χ1) is 13.0. The van der Waals surface area contributed by atoms with Crippen LogP contribution in [0, 0.1) is 0 Å². The van der Waals surface area contributed by atoms with Crippen molar-refractivity contribution >= 4 is 39.7 Å². The van der Waals surface area contributed by atoms with Crippen LogP contribution in [0.25, 0.3) is 6.08 Å². The fourth-order valence-electron chi connectivity index (χ4n) is 2.29. The first-order valence-corrected chi connectivity index (χ1v) is 9.26. The van der Waals surface area contributed by atoms with E-state index >= 15 is 0 Å². The summed E-state index contributed by atoms with van der Waals surface area (Å²) in [7, 11) is 0. The van der Waals surface area contributed by atoms with E-state index in [1.54, 1.807) is 54.6 Å². The lowest BCUT2D eigenvalue weighted by molar-refractivity contribution is -0.117. The van der Waals surface area contributed by atoms with E-state index in [0.717, 1.165) is 18.4 Å². The molecule has 2 aromatic rings.